The van der Waals surface area contributed by atoms with Gasteiger partial charge in [0.25, 0.3) is 0 Å². The van der Waals surface area contributed by atoms with Gasteiger partial charge in [0.1, 0.15) is 5.57 Å². The molecule has 0 amide bonds. The van der Waals surface area contributed by atoms with Crippen molar-refractivity contribution < 1.29 is 14.3 Å². The van der Waals surface area contributed by atoms with Crippen LogP contribution in [-0.4, -0.2) is 18.9 Å². The number of benzene rings is 1. The number of rotatable bonds is 4. The summed E-state index contributed by atoms with van der Waals surface area (Å²) in [5.74, 6) is -0.883. The summed E-state index contributed by atoms with van der Waals surface area (Å²) < 4.78 is 4.59. The first-order valence-electron chi connectivity index (χ1n) is 5.49. The van der Waals surface area contributed by atoms with Crippen molar-refractivity contribution in [1.82, 2.24) is 0 Å². The average molecular weight is 232 g/mol. The Balaban J connectivity index is 3.22. The first-order valence-corrected chi connectivity index (χ1v) is 5.49. The van der Waals surface area contributed by atoms with Gasteiger partial charge >= 0.3 is 5.97 Å². The molecule has 0 aliphatic carbocycles. The van der Waals surface area contributed by atoms with E-state index in [9.17, 15) is 9.59 Å². The van der Waals surface area contributed by atoms with Gasteiger partial charge in [-0.05, 0) is 30.5 Å². The molecular weight excluding hydrogens is 216 g/mol. The molecule has 0 fully saturated rings. The number of ketones is 1. The smallest absolute Gasteiger partial charge is 0.341 e. The standard InChI is InChI=1S/C14H16O3/c1-4-11-7-5-6-8-12(11)9-13(10(2)15)14(16)17-3/h5-9H,4H2,1-3H3. The van der Waals surface area contributed by atoms with Crippen molar-refractivity contribution in [2.75, 3.05) is 7.11 Å². The number of Topliss-reactive ketones (excluding diaryl/α,β-unsaturated/α-hetero) is 1. The second-order valence-electron chi connectivity index (χ2n) is 3.66. The van der Waals surface area contributed by atoms with Gasteiger partial charge in [0.15, 0.2) is 5.78 Å². The van der Waals surface area contributed by atoms with E-state index in [-0.39, 0.29) is 11.4 Å². The molecule has 0 saturated carbocycles. The van der Waals surface area contributed by atoms with E-state index in [4.69, 9.17) is 0 Å². The summed E-state index contributed by atoms with van der Waals surface area (Å²) in [6, 6.07) is 7.66. The molecule has 3 nitrogen and oxygen atoms in total. The molecule has 0 N–H and O–H groups in total. The van der Waals surface area contributed by atoms with E-state index < -0.39 is 5.97 Å². The molecule has 0 aliphatic rings. The van der Waals surface area contributed by atoms with E-state index >= 15 is 0 Å². The zero-order valence-electron chi connectivity index (χ0n) is 10.3. The van der Waals surface area contributed by atoms with Gasteiger partial charge in [-0.3, -0.25) is 4.79 Å². The zero-order valence-corrected chi connectivity index (χ0v) is 10.3. The summed E-state index contributed by atoms with van der Waals surface area (Å²) in [5, 5.41) is 0. The number of hydrogen-bond donors (Lipinski definition) is 0. The van der Waals surface area contributed by atoms with Crippen LogP contribution in [0.3, 0.4) is 0 Å². The first-order chi connectivity index (χ1) is 8.10. The maximum absolute atomic E-state index is 11.4. The highest BCUT2D eigenvalue weighted by atomic mass is 16.5. The van der Waals surface area contributed by atoms with Crippen molar-refractivity contribution in [3.8, 4) is 0 Å². The third kappa shape index (κ3) is 3.28. The maximum atomic E-state index is 11.4. The predicted molar refractivity (Wildman–Crippen MR) is 66.5 cm³/mol. The monoisotopic (exact) mass is 232 g/mol. The van der Waals surface area contributed by atoms with E-state index in [1.165, 1.54) is 14.0 Å². The molecule has 0 bridgehead atoms. The second-order valence-corrected chi connectivity index (χ2v) is 3.66. The predicted octanol–water partition coefficient (Wildman–Crippen LogP) is 2.39. The van der Waals surface area contributed by atoms with E-state index in [0.29, 0.717) is 0 Å². The minimum Gasteiger partial charge on any atom is -0.465 e. The molecule has 0 heterocycles. The van der Waals surface area contributed by atoms with Crippen molar-refractivity contribution in [3.05, 3.63) is 41.0 Å². The molecule has 1 rings (SSSR count). The van der Waals surface area contributed by atoms with Crippen LogP contribution in [0, 0.1) is 0 Å². The van der Waals surface area contributed by atoms with Crippen molar-refractivity contribution in [2.45, 2.75) is 20.3 Å². The van der Waals surface area contributed by atoms with Crippen LogP contribution in [0.5, 0.6) is 0 Å². The lowest BCUT2D eigenvalue weighted by Crippen LogP contribution is -2.11. The van der Waals surface area contributed by atoms with Crippen LogP contribution in [0.2, 0.25) is 0 Å². The molecule has 0 spiro atoms. The molecule has 0 saturated heterocycles. The van der Waals surface area contributed by atoms with Crippen LogP contribution < -0.4 is 0 Å². The topological polar surface area (TPSA) is 43.4 Å². The summed E-state index contributed by atoms with van der Waals surface area (Å²) >= 11 is 0. The van der Waals surface area contributed by atoms with Crippen LogP contribution in [0.15, 0.2) is 29.8 Å². The summed E-state index contributed by atoms with van der Waals surface area (Å²) in [6.07, 6.45) is 2.44. The maximum Gasteiger partial charge on any atom is 0.341 e. The Kier molecular flexibility index (Phi) is 4.64. The van der Waals surface area contributed by atoms with Gasteiger partial charge in [0, 0.05) is 0 Å². The van der Waals surface area contributed by atoms with E-state index in [1.807, 2.05) is 31.2 Å². The van der Waals surface area contributed by atoms with Crippen LogP contribution in [0.1, 0.15) is 25.0 Å². The molecule has 0 radical (unpaired) electrons. The highest BCUT2D eigenvalue weighted by Crippen LogP contribution is 2.15. The second kappa shape index (κ2) is 5.99. The average Bonchev–Trinajstić information content (AvgIpc) is 2.35. The zero-order chi connectivity index (χ0) is 12.8. The quantitative estimate of drug-likeness (QED) is 0.346. The normalized spacial score (nSPS) is 11.1. The third-order valence-corrected chi connectivity index (χ3v) is 2.52. The van der Waals surface area contributed by atoms with E-state index in [0.717, 1.165) is 17.5 Å². The highest BCUT2D eigenvalue weighted by molar-refractivity contribution is 6.19. The van der Waals surface area contributed by atoms with Crippen molar-refractivity contribution in [2.24, 2.45) is 0 Å². The minimum atomic E-state index is -0.594. The molecular formula is C14H16O3. The van der Waals surface area contributed by atoms with Crippen LogP contribution >= 0.6 is 0 Å². The Morgan fingerprint density at radius 2 is 1.94 bits per heavy atom. The lowest BCUT2D eigenvalue weighted by molar-refractivity contribution is -0.137. The molecule has 1 aromatic carbocycles. The summed E-state index contributed by atoms with van der Waals surface area (Å²) in [4.78, 5) is 22.8. The fraction of sp³-hybridized carbons (Fsp3) is 0.286. The number of ether oxygens (including phenoxy) is 1. The van der Waals surface area contributed by atoms with Gasteiger partial charge in [-0.15, -0.1) is 0 Å². The van der Waals surface area contributed by atoms with Crippen molar-refractivity contribution in [1.29, 1.82) is 0 Å². The molecule has 0 atom stereocenters. The molecule has 0 aromatic heterocycles. The molecule has 1 aromatic rings. The van der Waals surface area contributed by atoms with Gasteiger partial charge in [0.2, 0.25) is 0 Å². The Morgan fingerprint density at radius 1 is 1.29 bits per heavy atom. The number of carbonyl (C=O) groups is 2. The molecule has 3 heteroatoms. The van der Waals surface area contributed by atoms with E-state index in [1.54, 1.807) is 6.08 Å². The van der Waals surface area contributed by atoms with Gasteiger partial charge in [-0.1, -0.05) is 31.2 Å². The highest BCUT2D eigenvalue weighted by Gasteiger charge is 2.15. The lowest BCUT2D eigenvalue weighted by atomic mass is 10.0. The van der Waals surface area contributed by atoms with Gasteiger partial charge in [-0.2, -0.15) is 0 Å². The SMILES string of the molecule is CCc1ccccc1C=C(C(C)=O)C(=O)OC. The Bertz CT molecular complexity index is 458. The minimum absolute atomic E-state index is 0.0772. The number of methoxy groups -OCH3 is 1. The Hall–Kier alpha value is -1.90. The molecule has 0 aliphatic heterocycles. The summed E-state index contributed by atoms with van der Waals surface area (Å²) in [7, 11) is 1.27. The summed E-state index contributed by atoms with van der Waals surface area (Å²) in [5.41, 5.74) is 2.05. The Labute approximate surface area is 101 Å². The lowest BCUT2D eigenvalue weighted by Gasteiger charge is -2.05. The van der Waals surface area contributed by atoms with E-state index in [2.05, 4.69) is 4.74 Å². The van der Waals surface area contributed by atoms with Crippen LogP contribution in [0.25, 0.3) is 6.08 Å². The Morgan fingerprint density at radius 3 is 2.47 bits per heavy atom. The number of aryl methyl sites for hydroxylation is 1. The molecule has 90 valence electrons. The van der Waals surface area contributed by atoms with Crippen LogP contribution in [-0.2, 0) is 20.7 Å². The van der Waals surface area contributed by atoms with Crippen molar-refractivity contribution in [3.63, 3.8) is 0 Å². The van der Waals surface area contributed by atoms with Crippen molar-refractivity contribution >= 4 is 17.8 Å². The first kappa shape index (κ1) is 13.2. The number of carbonyl (C=O) groups excluding carboxylic acids is 2. The van der Waals surface area contributed by atoms with Gasteiger partial charge < -0.3 is 4.74 Å². The third-order valence-electron chi connectivity index (χ3n) is 2.52. The molecule has 0 unspecified atom stereocenters. The fourth-order valence-electron chi connectivity index (χ4n) is 1.57. The van der Waals surface area contributed by atoms with Crippen LogP contribution in [0.4, 0.5) is 0 Å². The number of esters is 1. The molecule has 17 heavy (non-hydrogen) atoms. The number of hydrogen-bond acceptors (Lipinski definition) is 3. The summed E-state index contributed by atoms with van der Waals surface area (Å²) in [6.45, 7) is 3.38. The largest absolute Gasteiger partial charge is 0.465 e. The fourth-order valence-corrected chi connectivity index (χ4v) is 1.57. The van der Waals surface area contributed by atoms with Gasteiger partial charge in [0.05, 0.1) is 7.11 Å². The van der Waals surface area contributed by atoms with Gasteiger partial charge in [-0.25, -0.2) is 4.79 Å².